The van der Waals surface area contributed by atoms with E-state index in [1.54, 1.807) is 30.3 Å². The molecule has 27 heavy (non-hydrogen) atoms. The van der Waals surface area contributed by atoms with Gasteiger partial charge in [-0.25, -0.2) is 0 Å². The Kier molecular flexibility index (Phi) is 4.55. The number of pyridine rings is 1. The van der Waals surface area contributed by atoms with Gasteiger partial charge >= 0.3 is 0 Å². The van der Waals surface area contributed by atoms with E-state index in [0.717, 1.165) is 38.0 Å². The lowest BCUT2D eigenvalue weighted by atomic mass is 10.2. The molecule has 2 aliphatic rings. The molecule has 0 bridgehead atoms. The smallest absolute Gasteiger partial charge is 0.270 e. The molecule has 8 nitrogen and oxygen atoms in total. The van der Waals surface area contributed by atoms with Crippen LogP contribution >= 0.6 is 0 Å². The van der Waals surface area contributed by atoms with Crippen LogP contribution < -0.4 is 5.56 Å². The third kappa shape index (κ3) is 3.15. The molecule has 2 aromatic rings. The minimum atomic E-state index is -0.217. The number of hydrogen-bond acceptors (Lipinski definition) is 4. The normalized spacial score (nSPS) is 16.9. The first-order valence-electron chi connectivity index (χ1n) is 9.35. The summed E-state index contributed by atoms with van der Waals surface area (Å²) in [4.78, 5) is 41.3. The lowest BCUT2D eigenvalue weighted by Crippen LogP contribution is -2.35. The van der Waals surface area contributed by atoms with Gasteiger partial charge < -0.3 is 14.4 Å². The van der Waals surface area contributed by atoms with E-state index in [-0.39, 0.29) is 17.4 Å². The summed E-state index contributed by atoms with van der Waals surface area (Å²) in [5, 5.41) is 4.38. The van der Waals surface area contributed by atoms with Crippen LogP contribution in [-0.2, 0) is 20.1 Å². The van der Waals surface area contributed by atoms with E-state index in [1.807, 2.05) is 9.58 Å². The van der Waals surface area contributed by atoms with Crippen LogP contribution in [0.4, 0.5) is 0 Å². The fourth-order valence-electron chi connectivity index (χ4n) is 3.82. The number of aryl methyl sites for hydroxylation is 1. The van der Waals surface area contributed by atoms with Gasteiger partial charge in [-0.05, 0) is 25.3 Å². The van der Waals surface area contributed by atoms with Crippen molar-refractivity contribution in [1.82, 2.24) is 24.1 Å². The minimum absolute atomic E-state index is 0.00448. The SMILES string of the molecule is Cn1c(C(=O)N2CCCn3ncc(C(=O)N4CCCC4)c3C2)cccc1=O. The minimum Gasteiger partial charge on any atom is -0.339 e. The maximum absolute atomic E-state index is 13.0. The Balaban J connectivity index is 1.63. The predicted octanol–water partition coefficient (Wildman–Crippen LogP) is 0.864. The highest BCUT2D eigenvalue weighted by atomic mass is 16.2. The second-order valence-corrected chi connectivity index (χ2v) is 7.12. The lowest BCUT2D eigenvalue weighted by Gasteiger charge is -2.22. The Morgan fingerprint density at radius 3 is 2.48 bits per heavy atom. The second kappa shape index (κ2) is 7.02. The summed E-state index contributed by atoms with van der Waals surface area (Å²) in [5.41, 5.74) is 1.49. The molecule has 2 amide bonds. The largest absolute Gasteiger partial charge is 0.339 e. The van der Waals surface area contributed by atoms with Gasteiger partial charge in [-0.2, -0.15) is 5.10 Å². The predicted molar refractivity (Wildman–Crippen MR) is 98.4 cm³/mol. The number of carbonyl (C=O) groups is 2. The first-order valence-corrected chi connectivity index (χ1v) is 9.35. The van der Waals surface area contributed by atoms with Crippen molar-refractivity contribution in [3.63, 3.8) is 0 Å². The van der Waals surface area contributed by atoms with Crippen LogP contribution in [0.15, 0.2) is 29.2 Å². The molecule has 0 N–H and O–H groups in total. The van der Waals surface area contributed by atoms with Gasteiger partial charge in [0.15, 0.2) is 0 Å². The molecule has 1 fully saturated rings. The zero-order chi connectivity index (χ0) is 19.0. The van der Waals surface area contributed by atoms with Crippen LogP contribution in [-0.4, -0.2) is 55.6 Å². The molecule has 0 saturated carbocycles. The zero-order valence-corrected chi connectivity index (χ0v) is 15.4. The summed E-state index contributed by atoms with van der Waals surface area (Å²) < 4.78 is 3.20. The number of carbonyl (C=O) groups excluding carboxylic acids is 2. The van der Waals surface area contributed by atoms with Crippen LogP contribution in [0.25, 0.3) is 0 Å². The maximum Gasteiger partial charge on any atom is 0.270 e. The average molecular weight is 369 g/mol. The third-order valence-corrected chi connectivity index (χ3v) is 5.40. The summed E-state index contributed by atoms with van der Waals surface area (Å²) in [6.07, 6.45) is 4.44. The first kappa shape index (κ1) is 17.5. The van der Waals surface area contributed by atoms with Crippen molar-refractivity contribution in [3.8, 4) is 0 Å². The van der Waals surface area contributed by atoms with E-state index in [4.69, 9.17) is 0 Å². The summed E-state index contributed by atoms with van der Waals surface area (Å²) >= 11 is 0. The van der Waals surface area contributed by atoms with E-state index in [1.165, 1.54) is 10.6 Å². The molecule has 2 aliphatic heterocycles. The van der Waals surface area contributed by atoms with Gasteiger partial charge in [0.05, 0.1) is 24.0 Å². The Bertz CT molecular complexity index is 939. The van der Waals surface area contributed by atoms with Crippen molar-refractivity contribution < 1.29 is 9.59 Å². The molecule has 142 valence electrons. The van der Waals surface area contributed by atoms with E-state index >= 15 is 0 Å². The molecule has 0 aliphatic carbocycles. The molecule has 0 atom stereocenters. The van der Waals surface area contributed by atoms with Crippen LogP contribution in [0.1, 0.15) is 45.8 Å². The fourth-order valence-corrected chi connectivity index (χ4v) is 3.82. The number of rotatable bonds is 2. The van der Waals surface area contributed by atoms with Crippen LogP contribution in [0, 0.1) is 0 Å². The van der Waals surface area contributed by atoms with Crippen LogP contribution in [0.2, 0.25) is 0 Å². The van der Waals surface area contributed by atoms with E-state index < -0.39 is 0 Å². The molecule has 0 radical (unpaired) electrons. The highest BCUT2D eigenvalue weighted by Crippen LogP contribution is 2.21. The Labute approximate surface area is 157 Å². The van der Waals surface area contributed by atoms with Gasteiger partial charge in [0.1, 0.15) is 5.69 Å². The summed E-state index contributed by atoms with van der Waals surface area (Å²) in [6.45, 7) is 3.09. The van der Waals surface area contributed by atoms with Gasteiger partial charge in [-0.15, -0.1) is 0 Å². The third-order valence-electron chi connectivity index (χ3n) is 5.40. The van der Waals surface area contributed by atoms with E-state index in [0.29, 0.717) is 30.9 Å². The van der Waals surface area contributed by atoms with Crippen molar-refractivity contribution >= 4 is 11.8 Å². The molecule has 4 rings (SSSR count). The molecule has 1 saturated heterocycles. The summed E-state index contributed by atoms with van der Waals surface area (Å²) in [5.74, 6) is -0.209. The van der Waals surface area contributed by atoms with Gasteiger partial charge in [0.25, 0.3) is 17.4 Å². The maximum atomic E-state index is 13.0. The Morgan fingerprint density at radius 1 is 0.963 bits per heavy atom. The highest BCUT2D eigenvalue weighted by molar-refractivity contribution is 5.96. The van der Waals surface area contributed by atoms with Crippen LogP contribution in [0.3, 0.4) is 0 Å². The van der Waals surface area contributed by atoms with Crippen molar-refractivity contribution in [3.05, 3.63) is 51.7 Å². The standard InChI is InChI=1S/C19H23N5O3/c1-21-15(6-4-7-17(21)25)19(27)23-10-5-11-24-16(13-23)14(12-20-24)18(26)22-8-2-3-9-22/h4,6-7,12H,2-3,5,8-11,13H2,1H3. The van der Waals surface area contributed by atoms with Gasteiger partial charge in [-0.3, -0.25) is 19.1 Å². The van der Waals surface area contributed by atoms with Gasteiger partial charge in [-0.1, -0.05) is 6.07 Å². The van der Waals surface area contributed by atoms with E-state index in [9.17, 15) is 14.4 Å². The highest BCUT2D eigenvalue weighted by Gasteiger charge is 2.29. The first-order chi connectivity index (χ1) is 13.1. The molecule has 0 aromatic carbocycles. The molecule has 4 heterocycles. The number of aromatic nitrogens is 3. The van der Waals surface area contributed by atoms with Crippen molar-refractivity contribution in [2.75, 3.05) is 19.6 Å². The number of hydrogen-bond donors (Lipinski definition) is 0. The van der Waals surface area contributed by atoms with Crippen molar-refractivity contribution in [2.45, 2.75) is 32.4 Å². The Hall–Kier alpha value is -2.90. The lowest BCUT2D eigenvalue weighted by molar-refractivity contribution is 0.0725. The molecular formula is C19H23N5O3. The monoisotopic (exact) mass is 369 g/mol. The summed E-state index contributed by atoms with van der Waals surface area (Å²) in [7, 11) is 1.60. The average Bonchev–Trinajstić information content (AvgIpc) is 3.29. The van der Waals surface area contributed by atoms with Gasteiger partial charge in [0.2, 0.25) is 0 Å². The quantitative estimate of drug-likeness (QED) is 0.787. The van der Waals surface area contributed by atoms with Crippen LogP contribution in [0.5, 0.6) is 0 Å². The molecular weight excluding hydrogens is 346 g/mol. The molecule has 2 aromatic heterocycles. The fraction of sp³-hybridized carbons (Fsp3) is 0.474. The van der Waals surface area contributed by atoms with E-state index in [2.05, 4.69) is 5.10 Å². The van der Waals surface area contributed by atoms with Gasteiger partial charge in [0, 0.05) is 39.3 Å². The molecule has 0 spiro atoms. The summed E-state index contributed by atoms with van der Waals surface area (Å²) in [6, 6.07) is 4.68. The molecule has 8 heteroatoms. The topological polar surface area (TPSA) is 80.4 Å². The Morgan fingerprint density at radius 2 is 1.70 bits per heavy atom. The molecule has 0 unspecified atom stereocenters. The number of nitrogens with zero attached hydrogens (tertiary/aromatic N) is 5. The number of amides is 2. The number of fused-ring (bicyclic) bond motifs is 1. The van der Waals surface area contributed by atoms with Crippen molar-refractivity contribution in [1.29, 1.82) is 0 Å². The van der Waals surface area contributed by atoms with Crippen molar-refractivity contribution in [2.24, 2.45) is 7.05 Å². The second-order valence-electron chi connectivity index (χ2n) is 7.12. The number of likely N-dealkylation sites (tertiary alicyclic amines) is 1. The zero-order valence-electron chi connectivity index (χ0n) is 15.4.